The molecule has 1 aliphatic heterocycles. The highest BCUT2D eigenvalue weighted by Gasteiger charge is 2.49. The Morgan fingerprint density at radius 3 is 1.95 bits per heavy atom. The molecular formula is C19H16N2. The van der Waals surface area contributed by atoms with Crippen molar-refractivity contribution >= 4 is 5.69 Å². The molecule has 102 valence electrons. The van der Waals surface area contributed by atoms with E-state index in [9.17, 15) is 0 Å². The Bertz CT molecular complexity index is 601. The summed E-state index contributed by atoms with van der Waals surface area (Å²) in [7, 11) is 0. The molecule has 1 aromatic heterocycles. The summed E-state index contributed by atoms with van der Waals surface area (Å²) in [6.07, 6.45) is 3.81. The maximum atomic E-state index is 4.28. The van der Waals surface area contributed by atoms with Crippen LogP contribution in [0.25, 0.3) is 0 Å². The summed E-state index contributed by atoms with van der Waals surface area (Å²) in [5, 5.41) is 0. The Kier molecular flexibility index (Phi) is 2.93. The van der Waals surface area contributed by atoms with Crippen LogP contribution in [0.2, 0.25) is 0 Å². The molecule has 1 saturated heterocycles. The number of benzene rings is 2. The number of rotatable bonds is 3. The lowest BCUT2D eigenvalue weighted by Gasteiger charge is -2.06. The predicted octanol–water partition coefficient (Wildman–Crippen LogP) is 4.38. The number of anilines is 1. The molecule has 2 aromatic carbocycles. The van der Waals surface area contributed by atoms with E-state index in [0.717, 1.165) is 0 Å². The van der Waals surface area contributed by atoms with Gasteiger partial charge in [0, 0.05) is 18.1 Å². The number of aromatic nitrogens is 1. The molecule has 1 aliphatic rings. The highest BCUT2D eigenvalue weighted by Crippen LogP contribution is 2.56. The van der Waals surface area contributed by atoms with Crippen molar-refractivity contribution < 1.29 is 0 Å². The first-order valence-electron chi connectivity index (χ1n) is 7.23. The second-order valence-corrected chi connectivity index (χ2v) is 5.33. The van der Waals surface area contributed by atoms with E-state index in [0.29, 0.717) is 12.1 Å². The van der Waals surface area contributed by atoms with Gasteiger partial charge >= 0.3 is 0 Å². The van der Waals surface area contributed by atoms with Crippen LogP contribution in [-0.2, 0) is 0 Å². The monoisotopic (exact) mass is 272 g/mol. The molecule has 0 bridgehead atoms. The second-order valence-electron chi connectivity index (χ2n) is 5.33. The lowest BCUT2D eigenvalue weighted by molar-refractivity contribution is 1.01. The first-order chi connectivity index (χ1) is 10.4. The standard InChI is InChI=1S/C19H16N2/c1-3-8-15(9-4-1)18-19(16-10-7-13-20-14-16)21(18)17-11-5-2-6-12-17/h1-14,18-19H. The molecule has 2 atom stereocenters. The molecule has 3 aromatic rings. The third-order valence-corrected chi connectivity index (χ3v) is 4.03. The van der Waals surface area contributed by atoms with E-state index in [1.165, 1.54) is 16.8 Å². The van der Waals surface area contributed by atoms with Crippen molar-refractivity contribution in [1.82, 2.24) is 4.98 Å². The fraction of sp³-hybridized carbons (Fsp3) is 0.105. The summed E-state index contributed by atoms with van der Waals surface area (Å²) in [5.74, 6) is 0. The first-order valence-corrected chi connectivity index (χ1v) is 7.23. The summed E-state index contributed by atoms with van der Waals surface area (Å²) in [6, 6.07) is 26.2. The Labute approximate surface area is 124 Å². The SMILES string of the molecule is c1ccc(C2C(c3cccnc3)N2c2ccccc2)cc1. The predicted molar refractivity (Wildman–Crippen MR) is 85.1 cm³/mol. The lowest BCUT2D eigenvalue weighted by atomic mass is 10.1. The zero-order chi connectivity index (χ0) is 14.1. The number of pyridine rings is 1. The van der Waals surface area contributed by atoms with Gasteiger partial charge in [0.1, 0.15) is 0 Å². The molecule has 2 heterocycles. The Morgan fingerprint density at radius 2 is 1.29 bits per heavy atom. The molecule has 21 heavy (non-hydrogen) atoms. The third kappa shape index (κ3) is 2.19. The molecule has 0 N–H and O–H groups in total. The molecule has 2 nitrogen and oxygen atoms in total. The van der Waals surface area contributed by atoms with Crippen molar-refractivity contribution in [3.63, 3.8) is 0 Å². The van der Waals surface area contributed by atoms with Crippen LogP contribution in [0.3, 0.4) is 0 Å². The van der Waals surface area contributed by atoms with Gasteiger partial charge in [-0.05, 0) is 29.3 Å². The van der Waals surface area contributed by atoms with Gasteiger partial charge in [0.15, 0.2) is 0 Å². The van der Waals surface area contributed by atoms with Crippen LogP contribution >= 0.6 is 0 Å². The summed E-state index contributed by atoms with van der Waals surface area (Å²) in [6.45, 7) is 0. The van der Waals surface area contributed by atoms with Crippen LogP contribution in [0.4, 0.5) is 5.69 Å². The van der Waals surface area contributed by atoms with E-state index in [-0.39, 0.29) is 0 Å². The number of hydrogen-bond acceptors (Lipinski definition) is 2. The van der Waals surface area contributed by atoms with Gasteiger partial charge in [-0.2, -0.15) is 0 Å². The minimum absolute atomic E-state index is 0.378. The molecule has 0 radical (unpaired) electrons. The van der Waals surface area contributed by atoms with E-state index >= 15 is 0 Å². The molecule has 2 unspecified atom stereocenters. The third-order valence-electron chi connectivity index (χ3n) is 4.03. The molecule has 0 spiro atoms. The summed E-state index contributed by atoms with van der Waals surface area (Å²) >= 11 is 0. The van der Waals surface area contributed by atoms with Crippen LogP contribution in [0.1, 0.15) is 23.2 Å². The van der Waals surface area contributed by atoms with Crippen molar-refractivity contribution in [2.75, 3.05) is 4.90 Å². The van der Waals surface area contributed by atoms with E-state index in [4.69, 9.17) is 0 Å². The topological polar surface area (TPSA) is 15.9 Å². The minimum atomic E-state index is 0.378. The van der Waals surface area contributed by atoms with Crippen molar-refractivity contribution in [2.24, 2.45) is 0 Å². The molecule has 0 aliphatic carbocycles. The average molecular weight is 272 g/mol. The van der Waals surface area contributed by atoms with E-state index < -0.39 is 0 Å². The van der Waals surface area contributed by atoms with Crippen LogP contribution in [0, 0.1) is 0 Å². The van der Waals surface area contributed by atoms with Crippen molar-refractivity contribution in [3.05, 3.63) is 96.3 Å². The van der Waals surface area contributed by atoms with Crippen molar-refractivity contribution in [3.8, 4) is 0 Å². The quantitative estimate of drug-likeness (QED) is 0.657. The van der Waals surface area contributed by atoms with Crippen molar-refractivity contribution in [1.29, 1.82) is 0 Å². The lowest BCUT2D eigenvalue weighted by Crippen LogP contribution is -1.95. The van der Waals surface area contributed by atoms with Crippen LogP contribution in [0.5, 0.6) is 0 Å². The van der Waals surface area contributed by atoms with Gasteiger partial charge in [-0.1, -0.05) is 54.6 Å². The van der Waals surface area contributed by atoms with Crippen LogP contribution < -0.4 is 4.90 Å². The van der Waals surface area contributed by atoms with E-state index in [1.54, 1.807) is 0 Å². The highest BCUT2D eigenvalue weighted by molar-refractivity contribution is 5.61. The molecule has 0 amide bonds. The molecule has 0 saturated carbocycles. The Hall–Kier alpha value is -2.61. The van der Waals surface area contributed by atoms with E-state index in [1.807, 2.05) is 18.5 Å². The minimum Gasteiger partial charge on any atom is -0.352 e. The summed E-state index contributed by atoms with van der Waals surface area (Å²) < 4.78 is 0. The summed E-state index contributed by atoms with van der Waals surface area (Å²) in [5.41, 5.74) is 3.89. The fourth-order valence-corrected chi connectivity index (χ4v) is 3.04. The molecule has 1 fully saturated rings. The smallest absolute Gasteiger partial charge is 0.0810 e. The first kappa shape index (κ1) is 12.2. The van der Waals surface area contributed by atoms with Gasteiger partial charge in [0.2, 0.25) is 0 Å². The largest absolute Gasteiger partial charge is 0.352 e. The average Bonchev–Trinajstić information content (AvgIpc) is 3.33. The van der Waals surface area contributed by atoms with Crippen molar-refractivity contribution in [2.45, 2.75) is 12.1 Å². The normalized spacial score (nSPS) is 20.3. The number of nitrogens with zero attached hydrogens (tertiary/aromatic N) is 2. The van der Waals surface area contributed by atoms with Gasteiger partial charge in [0.25, 0.3) is 0 Å². The maximum Gasteiger partial charge on any atom is 0.0810 e. The van der Waals surface area contributed by atoms with Gasteiger partial charge in [0.05, 0.1) is 12.1 Å². The van der Waals surface area contributed by atoms with Gasteiger partial charge in [-0.3, -0.25) is 4.98 Å². The zero-order valence-electron chi connectivity index (χ0n) is 11.6. The van der Waals surface area contributed by atoms with Gasteiger partial charge in [-0.15, -0.1) is 0 Å². The number of para-hydroxylation sites is 1. The van der Waals surface area contributed by atoms with Gasteiger partial charge in [-0.25, -0.2) is 0 Å². The molecular weight excluding hydrogens is 256 g/mol. The molecule has 4 rings (SSSR count). The summed E-state index contributed by atoms with van der Waals surface area (Å²) in [4.78, 5) is 6.73. The number of hydrogen-bond donors (Lipinski definition) is 0. The van der Waals surface area contributed by atoms with E-state index in [2.05, 4.69) is 76.6 Å². The molecule has 2 heteroatoms. The zero-order valence-corrected chi connectivity index (χ0v) is 11.6. The van der Waals surface area contributed by atoms with Crippen LogP contribution in [0.15, 0.2) is 85.2 Å². The second kappa shape index (κ2) is 5.06. The fourth-order valence-electron chi connectivity index (χ4n) is 3.04. The van der Waals surface area contributed by atoms with Gasteiger partial charge < -0.3 is 4.90 Å². The highest BCUT2D eigenvalue weighted by atomic mass is 15.4. The van der Waals surface area contributed by atoms with Crippen LogP contribution in [-0.4, -0.2) is 4.98 Å². The Balaban J connectivity index is 1.74. The Morgan fingerprint density at radius 1 is 0.667 bits per heavy atom. The maximum absolute atomic E-state index is 4.28.